The fourth-order valence-electron chi connectivity index (χ4n) is 2.73. The molecule has 5 nitrogen and oxygen atoms in total. The van der Waals surface area contributed by atoms with Gasteiger partial charge in [-0.3, -0.25) is 9.59 Å². The third-order valence-corrected chi connectivity index (χ3v) is 4.70. The minimum atomic E-state index is -0.458. The van der Waals surface area contributed by atoms with Gasteiger partial charge in [-0.05, 0) is 17.7 Å². The molecule has 0 radical (unpaired) electrons. The Bertz CT molecular complexity index is 705. The third kappa shape index (κ3) is 2.84. The first-order chi connectivity index (χ1) is 10.6. The number of benzene rings is 1. The fourth-order valence-corrected chi connectivity index (χ4v) is 3.47. The Labute approximate surface area is 136 Å². The number of carbonyl (C=O) groups is 2. The molecule has 1 fully saturated rings. The van der Waals surface area contributed by atoms with E-state index in [2.05, 4.69) is 10.3 Å². The minimum Gasteiger partial charge on any atom is -0.338 e. The highest BCUT2D eigenvalue weighted by Crippen LogP contribution is 2.38. The fraction of sp³-hybridized carbons (Fsp3) is 0.267. The molecule has 2 aromatic rings. The first-order valence-electron chi connectivity index (χ1n) is 6.78. The maximum absolute atomic E-state index is 12.5. The van der Waals surface area contributed by atoms with Crippen LogP contribution in [0, 0.1) is 5.92 Å². The van der Waals surface area contributed by atoms with Crippen molar-refractivity contribution in [2.75, 3.05) is 12.4 Å². The molecule has 22 heavy (non-hydrogen) atoms. The lowest BCUT2D eigenvalue weighted by Crippen LogP contribution is -2.30. The molecule has 1 aliphatic heterocycles. The maximum Gasteiger partial charge on any atom is 0.232 e. The van der Waals surface area contributed by atoms with Gasteiger partial charge in [0.05, 0.1) is 12.0 Å². The summed E-state index contributed by atoms with van der Waals surface area (Å²) < 4.78 is 0. The smallest absolute Gasteiger partial charge is 0.232 e. The summed E-state index contributed by atoms with van der Waals surface area (Å²) in [5.74, 6) is -0.707. The molecule has 0 aliphatic carbocycles. The van der Waals surface area contributed by atoms with Crippen LogP contribution in [0.2, 0.25) is 5.02 Å². The van der Waals surface area contributed by atoms with Crippen molar-refractivity contribution in [3.63, 3.8) is 0 Å². The number of nitrogens with zero attached hydrogens (tertiary/aromatic N) is 2. The number of amides is 2. The number of hydrogen-bond donors (Lipinski definition) is 1. The number of nitrogens with one attached hydrogen (secondary N) is 1. The average molecular weight is 336 g/mol. The molecular formula is C15H14ClN3O2S. The van der Waals surface area contributed by atoms with Gasteiger partial charge in [-0.15, -0.1) is 11.3 Å². The van der Waals surface area contributed by atoms with Gasteiger partial charge in [-0.1, -0.05) is 23.7 Å². The van der Waals surface area contributed by atoms with Gasteiger partial charge in [0.2, 0.25) is 11.8 Å². The lowest BCUT2D eigenvalue weighted by atomic mass is 9.93. The molecule has 7 heteroatoms. The van der Waals surface area contributed by atoms with Crippen molar-refractivity contribution in [1.29, 1.82) is 0 Å². The van der Waals surface area contributed by atoms with Crippen molar-refractivity contribution in [2.45, 2.75) is 12.5 Å². The zero-order chi connectivity index (χ0) is 15.7. The third-order valence-electron chi connectivity index (χ3n) is 3.78. The zero-order valence-corrected chi connectivity index (χ0v) is 13.4. The molecular weight excluding hydrogens is 322 g/mol. The first-order valence-corrected chi connectivity index (χ1v) is 8.03. The lowest BCUT2D eigenvalue weighted by molar-refractivity contribution is -0.127. The highest BCUT2D eigenvalue weighted by molar-refractivity contribution is 7.13. The van der Waals surface area contributed by atoms with Crippen molar-refractivity contribution in [1.82, 2.24) is 9.88 Å². The molecule has 1 aromatic heterocycles. The van der Waals surface area contributed by atoms with Crippen LogP contribution in [0.5, 0.6) is 0 Å². The molecule has 1 N–H and O–H groups in total. The SMILES string of the molecule is CN1C(=O)C[C@H](C(=O)Nc2nccs2)[C@H]1c1cccc(Cl)c1. The Balaban J connectivity index is 1.88. The van der Waals surface area contributed by atoms with Gasteiger partial charge in [0.15, 0.2) is 5.13 Å². The lowest BCUT2D eigenvalue weighted by Gasteiger charge is -2.24. The molecule has 2 atom stereocenters. The highest BCUT2D eigenvalue weighted by Gasteiger charge is 2.42. The summed E-state index contributed by atoms with van der Waals surface area (Å²) in [5, 5.41) is 5.69. The van der Waals surface area contributed by atoms with E-state index >= 15 is 0 Å². The second kappa shape index (κ2) is 6.06. The van der Waals surface area contributed by atoms with E-state index < -0.39 is 5.92 Å². The zero-order valence-electron chi connectivity index (χ0n) is 11.8. The Hall–Kier alpha value is -1.92. The summed E-state index contributed by atoms with van der Waals surface area (Å²) >= 11 is 7.39. The van der Waals surface area contributed by atoms with Gasteiger partial charge in [0.25, 0.3) is 0 Å². The first kappa shape index (κ1) is 15.0. The van der Waals surface area contributed by atoms with Crippen LogP contribution in [0.1, 0.15) is 18.0 Å². The molecule has 0 bridgehead atoms. The van der Waals surface area contributed by atoms with Gasteiger partial charge in [-0.2, -0.15) is 0 Å². The molecule has 3 rings (SSSR count). The van der Waals surface area contributed by atoms with Gasteiger partial charge < -0.3 is 10.2 Å². The number of hydrogen-bond acceptors (Lipinski definition) is 4. The van der Waals surface area contributed by atoms with Crippen LogP contribution in [-0.4, -0.2) is 28.7 Å². The number of thiazole rings is 1. The average Bonchev–Trinajstić information content (AvgIpc) is 3.08. The van der Waals surface area contributed by atoms with E-state index in [1.807, 2.05) is 12.1 Å². The quantitative estimate of drug-likeness (QED) is 0.938. The Morgan fingerprint density at radius 3 is 3.00 bits per heavy atom. The van der Waals surface area contributed by atoms with Crippen LogP contribution in [0.4, 0.5) is 5.13 Å². The van der Waals surface area contributed by atoms with Crippen molar-refractivity contribution < 1.29 is 9.59 Å². The summed E-state index contributed by atoms with van der Waals surface area (Å²) in [7, 11) is 1.71. The monoisotopic (exact) mass is 335 g/mol. The maximum atomic E-state index is 12.5. The van der Waals surface area contributed by atoms with E-state index in [4.69, 9.17) is 11.6 Å². The topological polar surface area (TPSA) is 62.3 Å². The van der Waals surface area contributed by atoms with Crippen molar-refractivity contribution in [2.24, 2.45) is 5.92 Å². The molecule has 1 aliphatic rings. The standard InChI is InChI=1S/C15H14ClN3O2S/c1-19-12(20)8-11(14(21)18-15-17-5-6-22-15)13(19)9-3-2-4-10(16)7-9/h2-7,11,13H,8H2,1H3,(H,17,18,21)/t11-,13+/m0/s1. The van der Waals surface area contributed by atoms with E-state index in [1.165, 1.54) is 11.3 Å². The van der Waals surface area contributed by atoms with Crippen LogP contribution in [0.25, 0.3) is 0 Å². The van der Waals surface area contributed by atoms with Gasteiger partial charge >= 0.3 is 0 Å². The van der Waals surface area contributed by atoms with Crippen LogP contribution in [-0.2, 0) is 9.59 Å². The number of anilines is 1. The number of aromatic nitrogens is 1. The summed E-state index contributed by atoms with van der Waals surface area (Å²) in [6, 6.07) is 6.96. The number of carbonyl (C=O) groups excluding carboxylic acids is 2. The second-order valence-corrected chi connectivity index (χ2v) is 6.47. The van der Waals surface area contributed by atoms with Crippen LogP contribution < -0.4 is 5.32 Å². The van der Waals surface area contributed by atoms with Crippen LogP contribution in [0.15, 0.2) is 35.8 Å². The van der Waals surface area contributed by atoms with Gasteiger partial charge in [-0.25, -0.2) is 4.98 Å². The summed E-state index contributed by atoms with van der Waals surface area (Å²) in [5.41, 5.74) is 0.861. The molecule has 0 unspecified atom stereocenters. The minimum absolute atomic E-state index is 0.0516. The van der Waals surface area contributed by atoms with E-state index in [0.29, 0.717) is 10.2 Å². The molecule has 0 spiro atoms. The van der Waals surface area contributed by atoms with E-state index in [-0.39, 0.29) is 24.3 Å². The van der Waals surface area contributed by atoms with Crippen molar-refractivity contribution in [3.05, 3.63) is 46.4 Å². The number of rotatable bonds is 3. The van der Waals surface area contributed by atoms with Gasteiger partial charge in [0, 0.05) is 30.1 Å². The van der Waals surface area contributed by atoms with Crippen molar-refractivity contribution >= 4 is 39.9 Å². The van der Waals surface area contributed by atoms with Crippen LogP contribution in [0.3, 0.4) is 0 Å². The highest BCUT2D eigenvalue weighted by atomic mass is 35.5. The second-order valence-electron chi connectivity index (χ2n) is 5.14. The molecule has 1 aromatic carbocycles. The molecule has 0 saturated carbocycles. The van der Waals surface area contributed by atoms with Crippen molar-refractivity contribution in [3.8, 4) is 0 Å². The molecule has 1 saturated heterocycles. The Morgan fingerprint density at radius 1 is 1.50 bits per heavy atom. The number of likely N-dealkylation sites (tertiary alicyclic amines) is 1. The Kier molecular flexibility index (Phi) is 4.13. The normalized spacial score (nSPS) is 21.2. The largest absolute Gasteiger partial charge is 0.338 e. The predicted octanol–water partition coefficient (Wildman–Crippen LogP) is 2.95. The van der Waals surface area contributed by atoms with Gasteiger partial charge in [0.1, 0.15) is 0 Å². The summed E-state index contributed by atoms with van der Waals surface area (Å²) in [6.45, 7) is 0. The number of halogens is 1. The van der Waals surface area contributed by atoms with E-state index in [0.717, 1.165) is 5.56 Å². The Morgan fingerprint density at radius 2 is 2.32 bits per heavy atom. The summed E-state index contributed by atoms with van der Waals surface area (Å²) in [6.07, 6.45) is 1.81. The summed E-state index contributed by atoms with van der Waals surface area (Å²) in [4.78, 5) is 30.2. The molecule has 2 amide bonds. The molecule has 2 heterocycles. The predicted molar refractivity (Wildman–Crippen MR) is 85.8 cm³/mol. The van der Waals surface area contributed by atoms with Crippen LogP contribution >= 0.6 is 22.9 Å². The van der Waals surface area contributed by atoms with E-state index in [1.54, 1.807) is 35.7 Å². The van der Waals surface area contributed by atoms with E-state index in [9.17, 15) is 9.59 Å². The molecule has 114 valence electrons.